The molecule has 3 rings (SSSR count). The van der Waals surface area contributed by atoms with Gasteiger partial charge in [-0.15, -0.1) is 0 Å². The minimum atomic E-state index is -3.43. The first kappa shape index (κ1) is 14.8. The van der Waals surface area contributed by atoms with Crippen molar-refractivity contribution < 1.29 is 13.2 Å². The van der Waals surface area contributed by atoms with E-state index in [0.29, 0.717) is 37.1 Å². The number of nitrogens with two attached hydrogens (primary N) is 1. The Hall–Kier alpha value is -1.11. The van der Waals surface area contributed by atoms with E-state index in [9.17, 15) is 8.42 Å². The molecule has 0 bridgehead atoms. The summed E-state index contributed by atoms with van der Waals surface area (Å²) in [7, 11) is -3.43. The van der Waals surface area contributed by atoms with Crippen LogP contribution < -0.4 is 10.5 Å². The lowest BCUT2D eigenvalue weighted by molar-refractivity contribution is 0.203. The Bertz CT molecular complexity index is 630. The van der Waals surface area contributed by atoms with Crippen LogP contribution in [-0.2, 0) is 16.4 Å². The van der Waals surface area contributed by atoms with Gasteiger partial charge in [-0.25, -0.2) is 8.42 Å². The second-order valence-corrected chi connectivity index (χ2v) is 7.93. The van der Waals surface area contributed by atoms with Crippen LogP contribution in [0.3, 0.4) is 0 Å². The molecule has 6 heteroatoms. The van der Waals surface area contributed by atoms with Gasteiger partial charge in [0.15, 0.2) is 0 Å². The summed E-state index contributed by atoms with van der Waals surface area (Å²) in [6, 6.07) is 5.17. The number of benzene rings is 1. The maximum atomic E-state index is 12.8. The van der Waals surface area contributed by atoms with Crippen LogP contribution in [-0.4, -0.2) is 39.0 Å². The van der Waals surface area contributed by atoms with E-state index in [0.717, 1.165) is 24.2 Å². The summed E-state index contributed by atoms with van der Waals surface area (Å²) in [6.45, 7) is 4.41. The molecule has 0 aliphatic carbocycles. The second kappa shape index (κ2) is 5.59. The molecular weight excluding hydrogens is 288 g/mol. The van der Waals surface area contributed by atoms with Gasteiger partial charge in [0.1, 0.15) is 5.75 Å². The molecule has 21 heavy (non-hydrogen) atoms. The number of nitrogens with zero attached hydrogens (tertiary/aromatic N) is 1. The van der Waals surface area contributed by atoms with Gasteiger partial charge in [0, 0.05) is 19.5 Å². The fraction of sp³-hybridized carbons (Fsp3) is 0.600. The quantitative estimate of drug-likeness (QED) is 0.911. The molecule has 2 aliphatic rings. The third-order valence-corrected chi connectivity index (χ3v) is 6.54. The molecular formula is C15H22N2O3S. The number of rotatable bonds is 3. The first-order chi connectivity index (χ1) is 10.0. The van der Waals surface area contributed by atoms with Gasteiger partial charge in [0.25, 0.3) is 0 Å². The zero-order valence-corrected chi connectivity index (χ0v) is 13.1. The number of ether oxygens (including phenoxy) is 1. The molecule has 5 nitrogen and oxygen atoms in total. The largest absolute Gasteiger partial charge is 0.493 e. The maximum absolute atomic E-state index is 12.8. The molecule has 1 aromatic carbocycles. The van der Waals surface area contributed by atoms with E-state index in [2.05, 4.69) is 6.92 Å². The van der Waals surface area contributed by atoms with Crippen LogP contribution in [0.15, 0.2) is 23.1 Å². The predicted octanol–water partition coefficient (Wildman–Crippen LogP) is 1.23. The average molecular weight is 310 g/mol. The molecule has 2 atom stereocenters. The van der Waals surface area contributed by atoms with Crippen LogP contribution in [0.2, 0.25) is 0 Å². The molecule has 116 valence electrons. The molecule has 0 spiro atoms. The van der Waals surface area contributed by atoms with Gasteiger partial charge >= 0.3 is 0 Å². The molecule has 1 fully saturated rings. The summed E-state index contributed by atoms with van der Waals surface area (Å²) < 4.78 is 32.6. The summed E-state index contributed by atoms with van der Waals surface area (Å²) in [5.74, 6) is 1.53. The van der Waals surface area contributed by atoms with Crippen molar-refractivity contribution in [3.8, 4) is 5.75 Å². The highest BCUT2D eigenvalue weighted by Gasteiger charge is 2.33. The molecule has 1 saturated heterocycles. The Labute approximate surface area is 126 Å². The number of hydrogen-bond donors (Lipinski definition) is 1. The van der Waals surface area contributed by atoms with Gasteiger partial charge in [-0.05, 0) is 48.6 Å². The topological polar surface area (TPSA) is 72.6 Å². The van der Waals surface area contributed by atoms with Crippen LogP contribution in [0.1, 0.15) is 18.9 Å². The summed E-state index contributed by atoms with van der Waals surface area (Å²) >= 11 is 0. The van der Waals surface area contributed by atoms with E-state index < -0.39 is 10.0 Å². The van der Waals surface area contributed by atoms with E-state index in [-0.39, 0.29) is 5.92 Å². The fourth-order valence-corrected chi connectivity index (χ4v) is 4.68. The Morgan fingerprint density at radius 1 is 1.43 bits per heavy atom. The van der Waals surface area contributed by atoms with E-state index in [1.54, 1.807) is 22.5 Å². The van der Waals surface area contributed by atoms with Crippen molar-refractivity contribution in [2.45, 2.75) is 24.7 Å². The third kappa shape index (κ3) is 2.67. The van der Waals surface area contributed by atoms with Crippen molar-refractivity contribution in [1.29, 1.82) is 0 Å². The van der Waals surface area contributed by atoms with Crippen LogP contribution in [0, 0.1) is 11.8 Å². The van der Waals surface area contributed by atoms with Crippen LogP contribution in [0.4, 0.5) is 0 Å². The van der Waals surface area contributed by atoms with Gasteiger partial charge in [0.05, 0.1) is 11.5 Å². The molecule has 2 unspecified atom stereocenters. The monoisotopic (exact) mass is 310 g/mol. The average Bonchev–Trinajstić information content (AvgIpc) is 2.94. The van der Waals surface area contributed by atoms with Gasteiger partial charge in [-0.2, -0.15) is 4.31 Å². The smallest absolute Gasteiger partial charge is 0.243 e. The van der Waals surface area contributed by atoms with Crippen LogP contribution in [0.25, 0.3) is 0 Å². The van der Waals surface area contributed by atoms with Gasteiger partial charge < -0.3 is 10.5 Å². The van der Waals surface area contributed by atoms with Crippen molar-refractivity contribution >= 4 is 10.0 Å². The van der Waals surface area contributed by atoms with Crippen molar-refractivity contribution in [2.75, 3.05) is 26.2 Å². The lowest BCUT2D eigenvalue weighted by Gasteiger charge is -2.35. The third-order valence-electron chi connectivity index (χ3n) is 4.68. The molecule has 2 aliphatic heterocycles. The van der Waals surface area contributed by atoms with Crippen molar-refractivity contribution in [3.63, 3.8) is 0 Å². The fourth-order valence-electron chi connectivity index (χ4n) is 3.11. The normalized spacial score (nSPS) is 26.4. The first-order valence-electron chi connectivity index (χ1n) is 7.48. The molecule has 0 amide bonds. The summed E-state index contributed by atoms with van der Waals surface area (Å²) in [6.07, 6.45) is 1.65. The minimum Gasteiger partial charge on any atom is -0.493 e. The summed E-state index contributed by atoms with van der Waals surface area (Å²) in [5, 5.41) is 0. The summed E-state index contributed by atoms with van der Waals surface area (Å²) in [5.41, 5.74) is 6.76. The van der Waals surface area contributed by atoms with E-state index >= 15 is 0 Å². The maximum Gasteiger partial charge on any atom is 0.243 e. The Kier molecular flexibility index (Phi) is 3.94. The van der Waals surface area contributed by atoms with Gasteiger partial charge in [0.2, 0.25) is 10.0 Å². The van der Waals surface area contributed by atoms with Gasteiger partial charge in [-0.3, -0.25) is 0 Å². The second-order valence-electron chi connectivity index (χ2n) is 5.99. The number of hydrogen-bond acceptors (Lipinski definition) is 4. The Morgan fingerprint density at radius 3 is 3.00 bits per heavy atom. The lowest BCUT2D eigenvalue weighted by atomic mass is 9.88. The van der Waals surface area contributed by atoms with Crippen molar-refractivity contribution in [3.05, 3.63) is 23.8 Å². The highest BCUT2D eigenvalue weighted by atomic mass is 32.2. The molecule has 0 saturated carbocycles. The lowest BCUT2D eigenvalue weighted by Crippen LogP contribution is -2.45. The van der Waals surface area contributed by atoms with E-state index in [1.165, 1.54) is 0 Å². The van der Waals surface area contributed by atoms with E-state index in [1.807, 2.05) is 0 Å². The predicted molar refractivity (Wildman–Crippen MR) is 80.7 cm³/mol. The van der Waals surface area contributed by atoms with Crippen molar-refractivity contribution in [2.24, 2.45) is 17.6 Å². The highest BCUT2D eigenvalue weighted by molar-refractivity contribution is 7.89. The summed E-state index contributed by atoms with van der Waals surface area (Å²) in [4.78, 5) is 0.372. The van der Waals surface area contributed by atoms with Crippen LogP contribution >= 0.6 is 0 Å². The number of piperidine rings is 1. The minimum absolute atomic E-state index is 0.242. The van der Waals surface area contributed by atoms with Crippen molar-refractivity contribution in [1.82, 2.24) is 4.31 Å². The Morgan fingerprint density at radius 2 is 2.24 bits per heavy atom. The van der Waals surface area contributed by atoms with Crippen LogP contribution in [0.5, 0.6) is 5.75 Å². The molecule has 0 aromatic heterocycles. The molecule has 0 radical (unpaired) electrons. The zero-order valence-electron chi connectivity index (χ0n) is 12.3. The SMILES string of the molecule is CC1CCN(S(=O)(=O)c2ccc3c(c2)CCO3)CC1CN. The standard InChI is InChI=1S/C15H22N2O3S/c1-11-4-6-17(10-13(11)9-16)21(18,19)14-2-3-15-12(8-14)5-7-20-15/h2-3,8,11,13H,4-7,9-10,16H2,1H3. The van der Waals surface area contributed by atoms with Gasteiger partial charge in [-0.1, -0.05) is 6.92 Å². The van der Waals surface area contributed by atoms with E-state index in [4.69, 9.17) is 10.5 Å². The first-order valence-corrected chi connectivity index (χ1v) is 8.92. The molecule has 1 aromatic rings. The number of fused-ring (bicyclic) bond motifs is 1. The zero-order chi connectivity index (χ0) is 15.0. The molecule has 2 heterocycles. The number of sulfonamides is 1. The highest BCUT2D eigenvalue weighted by Crippen LogP contribution is 2.31. The molecule has 2 N–H and O–H groups in total. The Balaban J connectivity index is 1.86.